The fraction of sp³-hybridized carbons (Fsp3) is 0.333. The van der Waals surface area contributed by atoms with E-state index in [0.29, 0.717) is 6.07 Å². The number of ether oxygens (including phenoxy) is 1. The van der Waals surface area contributed by atoms with Crippen molar-refractivity contribution >= 4 is 10.0 Å². The fourth-order valence-electron chi connectivity index (χ4n) is 1.52. The van der Waals surface area contributed by atoms with Gasteiger partial charge in [0.2, 0.25) is 10.0 Å². The van der Waals surface area contributed by atoms with Crippen molar-refractivity contribution in [3.05, 3.63) is 23.3 Å². The van der Waals surface area contributed by atoms with E-state index in [2.05, 4.69) is 9.88 Å². The Labute approximate surface area is 109 Å². The maximum absolute atomic E-state index is 12.8. The zero-order valence-electron chi connectivity index (χ0n) is 9.63. The summed E-state index contributed by atoms with van der Waals surface area (Å²) in [6, 6.07) is 0.536. The van der Waals surface area contributed by atoms with Crippen LogP contribution in [0.4, 0.5) is 26.3 Å². The number of hydrogen-bond acceptors (Lipinski definition) is 3. The highest BCUT2D eigenvalue weighted by molar-refractivity contribution is 7.89. The van der Waals surface area contributed by atoms with Gasteiger partial charge in [0.25, 0.3) is 0 Å². The van der Waals surface area contributed by atoms with Crippen LogP contribution >= 0.6 is 0 Å². The number of halogens is 6. The maximum atomic E-state index is 12.8. The molecule has 0 aliphatic carbocycles. The third-order valence-corrected chi connectivity index (χ3v) is 3.19. The molecule has 0 saturated heterocycles. The highest BCUT2D eigenvalue weighted by atomic mass is 32.2. The van der Waals surface area contributed by atoms with Crippen molar-refractivity contribution in [2.24, 2.45) is 5.14 Å². The van der Waals surface area contributed by atoms with Crippen molar-refractivity contribution in [3.8, 4) is 5.75 Å². The summed E-state index contributed by atoms with van der Waals surface area (Å²) in [4.78, 5) is -1.75. The number of benzene rings is 1. The van der Waals surface area contributed by atoms with Crippen LogP contribution in [0.25, 0.3) is 0 Å². The number of primary sulfonamides is 1. The van der Waals surface area contributed by atoms with E-state index in [9.17, 15) is 34.8 Å². The quantitative estimate of drug-likeness (QED) is 0.850. The zero-order valence-corrected chi connectivity index (χ0v) is 10.4. The normalized spacial score (nSPS) is 13.4. The van der Waals surface area contributed by atoms with E-state index in [0.717, 1.165) is 7.11 Å². The van der Waals surface area contributed by atoms with Crippen molar-refractivity contribution in [2.75, 3.05) is 7.11 Å². The molecule has 20 heavy (non-hydrogen) atoms. The van der Waals surface area contributed by atoms with Gasteiger partial charge in [-0.2, -0.15) is 26.3 Å². The van der Waals surface area contributed by atoms with Gasteiger partial charge < -0.3 is 4.74 Å². The van der Waals surface area contributed by atoms with Crippen molar-refractivity contribution in [3.63, 3.8) is 0 Å². The molecule has 1 aromatic carbocycles. The largest absolute Gasteiger partial charge is 0.495 e. The second-order valence-corrected chi connectivity index (χ2v) is 5.06. The number of methoxy groups -OCH3 is 1. The molecule has 0 heterocycles. The summed E-state index contributed by atoms with van der Waals surface area (Å²) in [6.07, 6.45) is -11.0. The lowest BCUT2D eigenvalue weighted by molar-refractivity contribution is -0.163. The zero-order chi connectivity index (χ0) is 15.9. The molecule has 2 N–H and O–H groups in total. The summed E-state index contributed by atoms with van der Waals surface area (Å²) in [6.45, 7) is 0. The van der Waals surface area contributed by atoms with Gasteiger partial charge in [-0.25, -0.2) is 13.6 Å². The molecular formula is C9H7F6NO3S. The molecule has 4 nitrogen and oxygen atoms in total. The van der Waals surface area contributed by atoms with E-state index in [1.807, 2.05) is 0 Å². The summed E-state index contributed by atoms with van der Waals surface area (Å²) < 4.78 is 103. The van der Waals surface area contributed by atoms with Crippen LogP contribution in [0, 0.1) is 0 Å². The minimum atomic E-state index is -5.58. The Morgan fingerprint density at radius 1 is 1.05 bits per heavy atom. The predicted octanol–water partition coefficient (Wildman–Crippen LogP) is 2.38. The van der Waals surface area contributed by atoms with E-state index in [4.69, 9.17) is 0 Å². The second-order valence-electron chi connectivity index (χ2n) is 3.56. The molecule has 0 spiro atoms. The van der Waals surface area contributed by atoms with E-state index in [-0.39, 0.29) is 6.07 Å². The van der Waals surface area contributed by atoms with Crippen LogP contribution in [0.1, 0.15) is 11.1 Å². The second kappa shape index (κ2) is 4.81. The first-order valence-corrected chi connectivity index (χ1v) is 6.23. The maximum Gasteiger partial charge on any atom is 0.418 e. The molecule has 11 heteroatoms. The molecule has 0 aliphatic heterocycles. The molecule has 0 bridgehead atoms. The van der Waals surface area contributed by atoms with Crippen molar-refractivity contribution in [2.45, 2.75) is 17.2 Å². The van der Waals surface area contributed by atoms with Gasteiger partial charge >= 0.3 is 12.4 Å². The Balaban J connectivity index is 3.97. The SMILES string of the molecule is COc1ccc(C(F)(F)F)c(C(F)(F)F)c1S(N)(=O)=O. The Morgan fingerprint density at radius 2 is 1.55 bits per heavy atom. The molecule has 0 amide bonds. The Kier molecular flexibility index (Phi) is 3.98. The van der Waals surface area contributed by atoms with Gasteiger partial charge in [0, 0.05) is 0 Å². The van der Waals surface area contributed by atoms with Gasteiger partial charge in [-0.15, -0.1) is 0 Å². The van der Waals surface area contributed by atoms with Crippen LogP contribution in [0.15, 0.2) is 17.0 Å². The summed E-state index contributed by atoms with van der Waals surface area (Å²) in [5.74, 6) is -0.923. The minimum absolute atomic E-state index is 0.0797. The molecule has 0 unspecified atom stereocenters. The van der Waals surface area contributed by atoms with Gasteiger partial charge in [0.05, 0.1) is 18.2 Å². The average Bonchev–Trinajstić information content (AvgIpc) is 2.23. The molecule has 0 radical (unpaired) electrons. The number of alkyl halides is 6. The Hall–Kier alpha value is -1.49. The van der Waals surface area contributed by atoms with Gasteiger partial charge in [0.1, 0.15) is 10.6 Å². The monoisotopic (exact) mass is 323 g/mol. The van der Waals surface area contributed by atoms with Crippen LogP contribution in [0.2, 0.25) is 0 Å². The van der Waals surface area contributed by atoms with Crippen LogP contribution < -0.4 is 9.88 Å². The number of rotatable bonds is 2. The van der Waals surface area contributed by atoms with Gasteiger partial charge in [0.15, 0.2) is 0 Å². The van der Waals surface area contributed by atoms with E-state index >= 15 is 0 Å². The smallest absolute Gasteiger partial charge is 0.418 e. The standard InChI is InChI=1S/C9H7F6NO3S/c1-19-5-3-2-4(8(10,11)12)6(9(13,14)15)7(5)20(16,17)18/h2-3H,1H3,(H2,16,17,18). The van der Waals surface area contributed by atoms with Gasteiger partial charge in [-0.3, -0.25) is 0 Å². The molecule has 1 aromatic rings. The third-order valence-electron chi connectivity index (χ3n) is 2.21. The lowest BCUT2D eigenvalue weighted by Crippen LogP contribution is -2.24. The van der Waals surface area contributed by atoms with E-state index < -0.39 is 44.1 Å². The van der Waals surface area contributed by atoms with Crippen molar-refractivity contribution in [1.29, 1.82) is 0 Å². The van der Waals surface area contributed by atoms with Crippen LogP contribution in [-0.2, 0) is 22.4 Å². The first-order chi connectivity index (χ1) is 8.80. The molecular weight excluding hydrogens is 316 g/mol. The van der Waals surface area contributed by atoms with E-state index in [1.165, 1.54) is 0 Å². The van der Waals surface area contributed by atoms with Crippen molar-refractivity contribution in [1.82, 2.24) is 0 Å². The van der Waals surface area contributed by atoms with Gasteiger partial charge in [-0.05, 0) is 12.1 Å². The summed E-state index contributed by atoms with van der Waals surface area (Å²) in [7, 11) is -4.28. The molecule has 0 atom stereocenters. The first-order valence-electron chi connectivity index (χ1n) is 4.68. The molecule has 114 valence electrons. The van der Waals surface area contributed by atoms with E-state index in [1.54, 1.807) is 0 Å². The van der Waals surface area contributed by atoms with Crippen LogP contribution in [-0.4, -0.2) is 15.5 Å². The summed E-state index contributed by atoms with van der Waals surface area (Å²) in [5, 5.41) is 4.57. The van der Waals surface area contributed by atoms with Crippen LogP contribution in [0.5, 0.6) is 5.75 Å². The molecule has 0 fully saturated rings. The minimum Gasteiger partial charge on any atom is -0.495 e. The Morgan fingerprint density at radius 3 is 1.85 bits per heavy atom. The van der Waals surface area contributed by atoms with Gasteiger partial charge in [-0.1, -0.05) is 0 Å². The predicted molar refractivity (Wildman–Crippen MR) is 54.4 cm³/mol. The molecule has 0 aromatic heterocycles. The number of hydrogen-bond donors (Lipinski definition) is 1. The average molecular weight is 323 g/mol. The number of sulfonamides is 1. The topological polar surface area (TPSA) is 69.4 Å². The molecule has 0 aliphatic rings. The lowest BCUT2D eigenvalue weighted by atomic mass is 10.1. The summed E-state index contributed by atoms with van der Waals surface area (Å²) >= 11 is 0. The van der Waals surface area contributed by atoms with Crippen molar-refractivity contribution < 1.29 is 39.5 Å². The lowest BCUT2D eigenvalue weighted by Gasteiger charge is -2.20. The highest BCUT2D eigenvalue weighted by Gasteiger charge is 2.47. The first kappa shape index (κ1) is 16.6. The fourth-order valence-corrected chi connectivity index (χ4v) is 2.47. The third kappa shape index (κ3) is 3.15. The number of nitrogens with two attached hydrogens (primary N) is 1. The Bertz CT molecular complexity index is 620. The van der Waals surface area contributed by atoms with Crippen LogP contribution in [0.3, 0.4) is 0 Å². The summed E-state index contributed by atoms with van der Waals surface area (Å²) in [5.41, 5.74) is -4.55. The molecule has 1 rings (SSSR count). The highest BCUT2D eigenvalue weighted by Crippen LogP contribution is 2.45. The molecule has 0 saturated carbocycles.